The molecule has 21 heavy (non-hydrogen) atoms. The third-order valence-electron chi connectivity index (χ3n) is 3.30. The predicted octanol–water partition coefficient (Wildman–Crippen LogP) is 2.34. The Hall–Kier alpha value is -1.91. The zero-order valence-corrected chi connectivity index (χ0v) is 13.3. The summed E-state index contributed by atoms with van der Waals surface area (Å²) < 4.78 is 0. The van der Waals surface area contributed by atoms with Crippen LogP contribution in [0, 0.1) is 5.92 Å². The van der Waals surface area contributed by atoms with Gasteiger partial charge in [-0.05, 0) is 38.3 Å². The fourth-order valence-electron chi connectivity index (χ4n) is 1.95. The quantitative estimate of drug-likeness (QED) is 0.838. The lowest BCUT2D eigenvalue weighted by atomic mass is 10.1. The molecule has 1 aromatic heterocycles. The number of hydrogen-bond acceptors (Lipinski definition) is 3. The zero-order chi connectivity index (χ0) is 15.8. The Morgan fingerprint density at radius 3 is 2.52 bits per heavy atom. The molecule has 0 aliphatic heterocycles. The maximum Gasteiger partial charge on any atom is 0.269 e. The molecular formula is C16H25N3O2. The highest BCUT2D eigenvalue weighted by Crippen LogP contribution is 2.07. The summed E-state index contributed by atoms with van der Waals surface area (Å²) in [4.78, 5) is 30.0. The van der Waals surface area contributed by atoms with Gasteiger partial charge in [0.05, 0.1) is 0 Å². The molecule has 0 aliphatic rings. The summed E-state index contributed by atoms with van der Waals surface area (Å²) >= 11 is 0. The van der Waals surface area contributed by atoms with E-state index in [2.05, 4.69) is 24.1 Å². The van der Waals surface area contributed by atoms with Crippen LogP contribution in [0.25, 0.3) is 0 Å². The van der Waals surface area contributed by atoms with Crippen molar-refractivity contribution >= 4 is 11.8 Å². The summed E-state index contributed by atoms with van der Waals surface area (Å²) in [5.41, 5.74) is 0.791. The van der Waals surface area contributed by atoms with Crippen molar-refractivity contribution in [3.05, 3.63) is 29.6 Å². The van der Waals surface area contributed by atoms with E-state index in [9.17, 15) is 9.59 Å². The maximum absolute atomic E-state index is 12.3. The van der Waals surface area contributed by atoms with E-state index >= 15 is 0 Å². The molecule has 0 aromatic carbocycles. The summed E-state index contributed by atoms with van der Waals surface area (Å²) in [6, 6.07) is 3.21. The van der Waals surface area contributed by atoms with Crippen molar-refractivity contribution < 1.29 is 9.59 Å². The highest BCUT2D eigenvalue weighted by atomic mass is 16.2. The number of aromatic nitrogens is 1. The van der Waals surface area contributed by atoms with Crippen LogP contribution in [0.1, 0.15) is 55.0 Å². The molecule has 0 aliphatic carbocycles. The topological polar surface area (TPSA) is 62.3 Å². The van der Waals surface area contributed by atoms with E-state index in [1.54, 1.807) is 17.0 Å². The lowest BCUT2D eigenvalue weighted by Gasteiger charge is -2.18. The fourth-order valence-corrected chi connectivity index (χ4v) is 1.95. The van der Waals surface area contributed by atoms with Crippen LogP contribution in [0.5, 0.6) is 0 Å². The van der Waals surface area contributed by atoms with Gasteiger partial charge in [0.15, 0.2) is 0 Å². The number of hydrogen-bond donors (Lipinski definition) is 1. The summed E-state index contributed by atoms with van der Waals surface area (Å²) in [7, 11) is 0. The van der Waals surface area contributed by atoms with E-state index < -0.39 is 0 Å². The maximum atomic E-state index is 12.3. The van der Waals surface area contributed by atoms with Crippen LogP contribution < -0.4 is 5.32 Å². The number of pyridine rings is 1. The van der Waals surface area contributed by atoms with Gasteiger partial charge in [-0.1, -0.05) is 13.8 Å². The SMILES string of the molecule is CCN(CC)C(=O)c1ccnc(C(=O)NCCC(C)C)c1. The molecule has 0 unspecified atom stereocenters. The van der Waals surface area contributed by atoms with E-state index in [1.807, 2.05) is 13.8 Å². The first-order valence-electron chi connectivity index (χ1n) is 7.53. The molecule has 1 heterocycles. The van der Waals surface area contributed by atoms with Crippen LogP contribution in [0.2, 0.25) is 0 Å². The Bertz CT molecular complexity index is 482. The van der Waals surface area contributed by atoms with Crippen molar-refractivity contribution in [1.82, 2.24) is 15.2 Å². The molecule has 0 saturated heterocycles. The van der Waals surface area contributed by atoms with Crippen LogP contribution in [0.4, 0.5) is 0 Å². The monoisotopic (exact) mass is 291 g/mol. The summed E-state index contributed by atoms with van der Waals surface area (Å²) in [6.07, 6.45) is 2.43. The lowest BCUT2D eigenvalue weighted by molar-refractivity contribution is 0.0773. The average molecular weight is 291 g/mol. The molecule has 0 spiro atoms. The van der Waals surface area contributed by atoms with Crippen LogP contribution in [0.15, 0.2) is 18.3 Å². The normalized spacial score (nSPS) is 10.5. The van der Waals surface area contributed by atoms with Gasteiger partial charge in [0.2, 0.25) is 0 Å². The van der Waals surface area contributed by atoms with Crippen LogP contribution >= 0.6 is 0 Å². The molecule has 0 radical (unpaired) electrons. The molecule has 1 aromatic rings. The van der Waals surface area contributed by atoms with Crippen molar-refractivity contribution in [2.75, 3.05) is 19.6 Å². The average Bonchev–Trinajstić information content (AvgIpc) is 2.48. The Balaban J connectivity index is 2.76. The van der Waals surface area contributed by atoms with E-state index in [1.165, 1.54) is 6.20 Å². The first-order chi connectivity index (χ1) is 9.99. The first-order valence-corrected chi connectivity index (χ1v) is 7.53. The molecule has 1 N–H and O–H groups in total. The number of rotatable bonds is 7. The molecular weight excluding hydrogens is 266 g/mol. The second kappa shape index (κ2) is 8.39. The second-order valence-electron chi connectivity index (χ2n) is 5.35. The minimum absolute atomic E-state index is 0.0707. The second-order valence-corrected chi connectivity index (χ2v) is 5.35. The number of carbonyl (C=O) groups is 2. The van der Waals surface area contributed by atoms with E-state index in [-0.39, 0.29) is 17.5 Å². The smallest absolute Gasteiger partial charge is 0.269 e. The Morgan fingerprint density at radius 2 is 1.95 bits per heavy atom. The van der Waals surface area contributed by atoms with Gasteiger partial charge in [-0.3, -0.25) is 14.6 Å². The predicted molar refractivity (Wildman–Crippen MR) is 83.3 cm³/mol. The van der Waals surface area contributed by atoms with Gasteiger partial charge in [0, 0.05) is 31.4 Å². The van der Waals surface area contributed by atoms with Gasteiger partial charge < -0.3 is 10.2 Å². The van der Waals surface area contributed by atoms with Gasteiger partial charge >= 0.3 is 0 Å². The molecule has 5 nitrogen and oxygen atoms in total. The summed E-state index contributed by atoms with van der Waals surface area (Å²) in [5, 5.41) is 2.83. The van der Waals surface area contributed by atoms with Crippen molar-refractivity contribution in [3.63, 3.8) is 0 Å². The van der Waals surface area contributed by atoms with Gasteiger partial charge in [0.1, 0.15) is 5.69 Å². The third kappa shape index (κ3) is 5.17. The van der Waals surface area contributed by atoms with Crippen LogP contribution in [0.3, 0.4) is 0 Å². The largest absolute Gasteiger partial charge is 0.351 e. The van der Waals surface area contributed by atoms with Crippen LogP contribution in [-0.4, -0.2) is 41.3 Å². The minimum Gasteiger partial charge on any atom is -0.351 e. The zero-order valence-electron chi connectivity index (χ0n) is 13.3. The molecule has 0 atom stereocenters. The van der Waals surface area contributed by atoms with Crippen molar-refractivity contribution in [3.8, 4) is 0 Å². The standard InChI is InChI=1S/C16H25N3O2/c1-5-19(6-2)16(21)13-8-10-17-14(11-13)15(20)18-9-7-12(3)4/h8,10-12H,5-7,9H2,1-4H3,(H,18,20). The van der Waals surface area contributed by atoms with E-state index in [4.69, 9.17) is 0 Å². The van der Waals surface area contributed by atoms with Crippen LogP contribution in [-0.2, 0) is 0 Å². The lowest BCUT2D eigenvalue weighted by Crippen LogP contribution is -2.31. The van der Waals surface area contributed by atoms with Crippen molar-refractivity contribution in [1.29, 1.82) is 0 Å². The Labute approximate surface area is 126 Å². The molecule has 2 amide bonds. The summed E-state index contributed by atoms with van der Waals surface area (Å²) in [6.45, 7) is 9.99. The first kappa shape index (κ1) is 17.1. The molecule has 5 heteroatoms. The number of nitrogens with one attached hydrogen (secondary N) is 1. The fraction of sp³-hybridized carbons (Fsp3) is 0.562. The molecule has 0 fully saturated rings. The molecule has 0 bridgehead atoms. The van der Waals surface area contributed by atoms with Crippen molar-refractivity contribution in [2.24, 2.45) is 5.92 Å². The van der Waals surface area contributed by atoms with Gasteiger partial charge in [0.25, 0.3) is 11.8 Å². The Kier molecular flexibility index (Phi) is 6.85. The highest BCUT2D eigenvalue weighted by Gasteiger charge is 2.15. The number of amides is 2. The molecule has 116 valence electrons. The molecule has 0 saturated carbocycles. The number of carbonyl (C=O) groups excluding carboxylic acids is 2. The van der Waals surface area contributed by atoms with Crippen molar-refractivity contribution in [2.45, 2.75) is 34.1 Å². The highest BCUT2D eigenvalue weighted by molar-refractivity contribution is 5.98. The minimum atomic E-state index is -0.232. The summed E-state index contributed by atoms with van der Waals surface area (Å²) in [5.74, 6) is 0.234. The van der Waals surface area contributed by atoms with Gasteiger partial charge in [-0.15, -0.1) is 0 Å². The van der Waals surface area contributed by atoms with E-state index in [0.29, 0.717) is 31.1 Å². The van der Waals surface area contributed by atoms with Gasteiger partial charge in [-0.2, -0.15) is 0 Å². The number of nitrogens with zero attached hydrogens (tertiary/aromatic N) is 2. The van der Waals surface area contributed by atoms with Gasteiger partial charge in [-0.25, -0.2) is 0 Å². The third-order valence-corrected chi connectivity index (χ3v) is 3.30. The van der Waals surface area contributed by atoms with E-state index in [0.717, 1.165) is 6.42 Å². The molecule has 1 rings (SSSR count). The Morgan fingerprint density at radius 1 is 1.29 bits per heavy atom.